The summed E-state index contributed by atoms with van der Waals surface area (Å²) in [7, 11) is 0. The van der Waals surface area contributed by atoms with Crippen molar-refractivity contribution in [3.05, 3.63) is 17.2 Å². The lowest BCUT2D eigenvalue weighted by Gasteiger charge is -2.14. The smallest absolute Gasteiger partial charge is 0.109 e. The molecule has 1 aromatic heterocycles. The van der Waals surface area contributed by atoms with Gasteiger partial charge in [0.25, 0.3) is 0 Å². The number of hydrogen-bond donors (Lipinski definition) is 1. The van der Waals surface area contributed by atoms with Gasteiger partial charge in [0.2, 0.25) is 0 Å². The summed E-state index contributed by atoms with van der Waals surface area (Å²) >= 11 is 0. The SMILES string of the molecule is CCCC(C)c1nc(C(C)CCC)c(C(C)CCC)[nH]1. The maximum Gasteiger partial charge on any atom is 0.109 e. The highest BCUT2D eigenvalue weighted by atomic mass is 15.0. The molecule has 2 nitrogen and oxygen atoms in total. The third-order valence-corrected chi connectivity index (χ3v) is 4.37. The van der Waals surface area contributed by atoms with E-state index >= 15 is 0 Å². The number of nitrogens with one attached hydrogen (secondary N) is 1. The van der Waals surface area contributed by atoms with Gasteiger partial charge in [-0.1, -0.05) is 60.8 Å². The van der Waals surface area contributed by atoms with Crippen LogP contribution in [0.4, 0.5) is 0 Å². The summed E-state index contributed by atoms with van der Waals surface area (Å²) in [5.74, 6) is 2.94. The van der Waals surface area contributed by atoms with Gasteiger partial charge >= 0.3 is 0 Å². The second-order valence-corrected chi connectivity index (χ2v) is 6.49. The third-order valence-electron chi connectivity index (χ3n) is 4.37. The summed E-state index contributed by atoms with van der Waals surface area (Å²) < 4.78 is 0. The van der Waals surface area contributed by atoms with Crippen molar-refractivity contribution < 1.29 is 0 Å². The quantitative estimate of drug-likeness (QED) is 0.579. The van der Waals surface area contributed by atoms with E-state index in [0.29, 0.717) is 17.8 Å². The number of aromatic nitrogens is 2. The molecule has 0 aromatic carbocycles. The molecule has 2 heteroatoms. The predicted molar refractivity (Wildman–Crippen MR) is 88.6 cm³/mol. The summed E-state index contributed by atoms with van der Waals surface area (Å²) in [6.45, 7) is 13.7. The zero-order valence-electron chi connectivity index (χ0n) is 14.4. The van der Waals surface area contributed by atoms with Crippen LogP contribution in [0, 0.1) is 0 Å². The molecule has 0 saturated heterocycles. The second kappa shape index (κ2) is 8.49. The van der Waals surface area contributed by atoms with Crippen LogP contribution in [0.5, 0.6) is 0 Å². The van der Waals surface area contributed by atoms with Crippen molar-refractivity contribution >= 4 is 0 Å². The number of H-pyrrole nitrogens is 1. The Morgan fingerprint density at radius 3 is 1.85 bits per heavy atom. The maximum atomic E-state index is 5.00. The predicted octanol–water partition coefficient (Wildman–Crippen LogP) is 6.12. The molecule has 1 heterocycles. The van der Waals surface area contributed by atoms with Crippen LogP contribution >= 0.6 is 0 Å². The van der Waals surface area contributed by atoms with Crippen molar-refractivity contribution in [2.45, 2.75) is 97.8 Å². The Morgan fingerprint density at radius 2 is 1.30 bits per heavy atom. The van der Waals surface area contributed by atoms with Crippen LogP contribution in [0.2, 0.25) is 0 Å². The van der Waals surface area contributed by atoms with E-state index in [0.717, 1.165) is 0 Å². The van der Waals surface area contributed by atoms with Gasteiger partial charge in [-0.15, -0.1) is 0 Å². The van der Waals surface area contributed by atoms with Gasteiger partial charge in [-0.3, -0.25) is 0 Å². The number of imidazole rings is 1. The van der Waals surface area contributed by atoms with Gasteiger partial charge in [0, 0.05) is 17.5 Å². The number of aromatic amines is 1. The van der Waals surface area contributed by atoms with Crippen LogP contribution < -0.4 is 0 Å². The van der Waals surface area contributed by atoms with Crippen LogP contribution in [0.1, 0.15) is 115 Å². The lowest BCUT2D eigenvalue weighted by molar-refractivity contribution is 0.605. The largest absolute Gasteiger partial charge is 0.345 e. The summed E-state index contributed by atoms with van der Waals surface area (Å²) in [5, 5.41) is 0. The van der Waals surface area contributed by atoms with Crippen molar-refractivity contribution in [1.29, 1.82) is 0 Å². The molecule has 3 unspecified atom stereocenters. The van der Waals surface area contributed by atoms with Crippen molar-refractivity contribution in [1.82, 2.24) is 9.97 Å². The molecule has 0 aliphatic carbocycles. The number of nitrogens with zero attached hydrogens (tertiary/aromatic N) is 1. The molecule has 1 N–H and O–H groups in total. The van der Waals surface area contributed by atoms with Crippen molar-refractivity contribution in [2.24, 2.45) is 0 Å². The number of rotatable bonds is 9. The first-order chi connectivity index (χ1) is 9.54. The highest BCUT2D eigenvalue weighted by Crippen LogP contribution is 2.32. The summed E-state index contributed by atoms with van der Waals surface area (Å²) in [6.07, 6.45) is 7.39. The maximum absolute atomic E-state index is 5.00. The van der Waals surface area contributed by atoms with E-state index < -0.39 is 0 Å². The average molecular weight is 278 g/mol. The van der Waals surface area contributed by atoms with E-state index in [1.165, 1.54) is 55.7 Å². The molecule has 0 aliphatic heterocycles. The molecular weight excluding hydrogens is 244 g/mol. The highest BCUT2D eigenvalue weighted by Gasteiger charge is 2.21. The van der Waals surface area contributed by atoms with Crippen LogP contribution in [-0.4, -0.2) is 9.97 Å². The fraction of sp³-hybridized carbons (Fsp3) is 0.833. The highest BCUT2D eigenvalue weighted by molar-refractivity contribution is 5.23. The first-order valence-electron chi connectivity index (χ1n) is 8.64. The topological polar surface area (TPSA) is 28.7 Å². The molecule has 0 saturated carbocycles. The molecule has 0 radical (unpaired) electrons. The van der Waals surface area contributed by atoms with Crippen molar-refractivity contribution in [2.75, 3.05) is 0 Å². The van der Waals surface area contributed by atoms with E-state index in [-0.39, 0.29) is 0 Å². The molecule has 116 valence electrons. The van der Waals surface area contributed by atoms with Crippen LogP contribution in [-0.2, 0) is 0 Å². The summed E-state index contributed by atoms with van der Waals surface area (Å²) in [6, 6.07) is 0. The lowest BCUT2D eigenvalue weighted by atomic mass is 9.93. The Kier molecular flexibility index (Phi) is 7.32. The van der Waals surface area contributed by atoms with Gasteiger partial charge in [0.1, 0.15) is 5.82 Å². The minimum absolute atomic E-state index is 0.551. The van der Waals surface area contributed by atoms with Crippen molar-refractivity contribution in [3.8, 4) is 0 Å². The molecule has 0 fully saturated rings. The zero-order valence-corrected chi connectivity index (χ0v) is 14.4. The van der Waals surface area contributed by atoms with E-state index in [4.69, 9.17) is 4.98 Å². The van der Waals surface area contributed by atoms with Gasteiger partial charge in [0.05, 0.1) is 5.69 Å². The minimum Gasteiger partial charge on any atom is -0.345 e. The molecule has 0 spiro atoms. The standard InChI is InChI=1S/C18H34N2/c1-7-10-13(4)16-17(14(5)11-8-2)20-18(19-16)15(6)12-9-3/h13-15H,7-12H2,1-6H3,(H,19,20). The van der Waals surface area contributed by atoms with Crippen LogP contribution in [0.3, 0.4) is 0 Å². The zero-order chi connectivity index (χ0) is 15.1. The number of hydrogen-bond acceptors (Lipinski definition) is 1. The van der Waals surface area contributed by atoms with Crippen molar-refractivity contribution in [3.63, 3.8) is 0 Å². The molecule has 1 aromatic rings. The summed E-state index contributed by atoms with van der Waals surface area (Å²) in [5.41, 5.74) is 2.75. The summed E-state index contributed by atoms with van der Waals surface area (Å²) in [4.78, 5) is 8.67. The van der Waals surface area contributed by atoms with Gasteiger partial charge in [-0.05, 0) is 25.2 Å². The molecular formula is C18H34N2. The second-order valence-electron chi connectivity index (χ2n) is 6.49. The molecule has 0 bridgehead atoms. The minimum atomic E-state index is 0.551. The molecule has 0 amide bonds. The van der Waals surface area contributed by atoms with E-state index in [2.05, 4.69) is 46.5 Å². The van der Waals surface area contributed by atoms with Crippen LogP contribution in [0.15, 0.2) is 0 Å². The van der Waals surface area contributed by atoms with Gasteiger partial charge < -0.3 is 4.98 Å². The van der Waals surface area contributed by atoms with Gasteiger partial charge in [-0.2, -0.15) is 0 Å². The monoisotopic (exact) mass is 278 g/mol. The fourth-order valence-electron chi connectivity index (χ4n) is 3.12. The average Bonchev–Trinajstić information content (AvgIpc) is 2.84. The Bertz CT molecular complexity index is 351. The van der Waals surface area contributed by atoms with E-state index in [1.54, 1.807) is 0 Å². The van der Waals surface area contributed by atoms with Gasteiger partial charge in [-0.25, -0.2) is 4.98 Å². The van der Waals surface area contributed by atoms with Gasteiger partial charge in [0.15, 0.2) is 0 Å². The molecule has 1 rings (SSSR count). The molecule has 0 aliphatic rings. The Morgan fingerprint density at radius 1 is 0.800 bits per heavy atom. The Labute approximate surface area is 125 Å². The first-order valence-corrected chi connectivity index (χ1v) is 8.64. The lowest BCUT2D eigenvalue weighted by Crippen LogP contribution is -2.02. The van der Waals surface area contributed by atoms with E-state index in [1.807, 2.05) is 0 Å². The Balaban J connectivity index is 3.04. The normalized spacial score (nSPS) is 16.1. The third kappa shape index (κ3) is 4.36. The van der Waals surface area contributed by atoms with Crippen LogP contribution in [0.25, 0.3) is 0 Å². The first kappa shape index (κ1) is 17.3. The molecule has 3 atom stereocenters. The molecule has 20 heavy (non-hydrogen) atoms. The fourth-order valence-corrected chi connectivity index (χ4v) is 3.12. The Hall–Kier alpha value is -0.790. The van der Waals surface area contributed by atoms with E-state index in [9.17, 15) is 0 Å².